The quantitative estimate of drug-likeness (QED) is 0.571. The molecule has 1 heterocycles. The van der Waals surface area contributed by atoms with Gasteiger partial charge in [0.1, 0.15) is 12.4 Å². The molecule has 0 unspecified atom stereocenters. The Morgan fingerprint density at radius 3 is 2.21 bits per heavy atom. The van der Waals surface area contributed by atoms with Crippen molar-refractivity contribution in [1.29, 1.82) is 0 Å². The summed E-state index contributed by atoms with van der Waals surface area (Å²) in [4.78, 5) is 49.2. The van der Waals surface area contributed by atoms with E-state index >= 15 is 0 Å². The van der Waals surface area contributed by atoms with Gasteiger partial charge in [-0.1, -0.05) is 43.3 Å². The number of amides is 1. The zero-order valence-corrected chi connectivity index (χ0v) is 15.9. The predicted molar refractivity (Wildman–Crippen MR) is 103 cm³/mol. The van der Waals surface area contributed by atoms with Gasteiger partial charge in [-0.15, -0.1) is 0 Å². The highest BCUT2D eigenvalue weighted by molar-refractivity contribution is 5.99. The SMILES string of the molecule is CC[C@@]1(NC(=O)c2ccccc2)C(=O)O[C@H](CC=O)[C@@H]1OC(=O)c1ccccc1. The lowest BCUT2D eigenvalue weighted by Crippen LogP contribution is -2.60. The first-order valence-electron chi connectivity index (χ1n) is 9.30. The van der Waals surface area contributed by atoms with E-state index in [1.807, 2.05) is 0 Å². The topological polar surface area (TPSA) is 98.8 Å². The zero-order valence-electron chi connectivity index (χ0n) is 15.9. The Morgan fingerprint density at radius 1 is 1.07 bits per heavy atom. The van der Waals surface area contributed by atoms with Crippen molar-refractivity contribution in [2.24, 2.45) is 0 Å². The molecule has 0 bridgehead atoms. The fourth-order valence-corrected chi connectivity index (χ4v) is 3.36. The minimum Gasteiger partial charge on any atom is -0.456 e. The minimum atomic E-state index is -1.59. The normalized spacial score (nSPS) is 23.1. The molecule has 150 valence electrons. The highest BCUT2D eigenvalue weighted by Crippen LogP contribution is 2.34. The van der Waals surface area contributed by atoms with Crippen LogP contribution in [0.5, 0.6) is 0 Å². The molecule has 1 amide bonds. The highest BCUT2D eigenvalue weighted by Gasteiger charge is 2.59. The summed E-state index contributed by atoms with van der Waals surface area (Å²) in [6.07, 6.45) is -1.57. The molecule has 29 heavy (non-hydrogen) atoms. The molecule has 3 rings (SSSR count). The summed E-state index contributed by atoms with van der Waals surface area (Å²) in [5.41, 5.74) is -0.957. The van der Waals surface area contributed by atoms with Gasteiger partial charge in [0.15, 0.2) is 11.6 Å². The van der Waals surface area contributed by atoms with Gasteiger partial charge in [0.05, 0.1) is 5.56 Å². The van der Waals surface area contributed by atoms with Crippen LogP contribution in [-0.4, -0.2) is 41.9 Å². The zero-order chi connectivity index (χ0) is 20.9. The molecule has 1 aliphatic rings. The van der Waals surface area contributed by atoms with Crippen LogP contribution in [-0.2, 0) is 19.1 Å². The number of aldehydes is 1. The maximum absolute atomic E-state index is 12.8. The van der Waals surface area contributed by atoms with E-state index in [2.05, 4.69) is 5.32 Å². The summed E-state index contributed by atoms with van der Waals surface area (Å²) < 4.78 is 11.0. The molecule has 0 aromatic heterocycles. The summed E-state index contributed by atoms with van der Waals surface area (Å²) in [5.74, 6) is -1.91. The van der Waals surface area contributed by atoms with Crippen LogP contribution in [0.3, 0.4) is 0 Å². The number of benzene rings is 2. The van der Waals surface area contributed by atoms with Crippen molar-refractivity contribution < 1.29 is 28.7 Å². The Morgan fingerprint density at radius 2 is 1.66 bits per heavy atom. The number of nitrogens with one attached hydrogen (secondary N) is 1. The van der Waals surface area contributed by atoms with Crippen LogP contribution >= 0.6 is 0 Å². The van der Waals surface area contributed by atoms with Crippen LogP contribution in [0.15, 0.2) is 60.7 Å². The third-order valence-electron chi connectivity index (χ3n) is 4.95. The third-order valence-corrected chi connectivity index (χ3v) is 4.95. The summed E-state index contributed by atoms with van der Waals surface area (Å²) >= 11 is 0. The van der Waals surface area contributed by atoms with E-state index in [9.17, 15) is 19.2 Å². The Balaban J connectivity index is 1.92. The Kier molecular flexibility index (Phi) is 6.07. The fourth-order valence-electron chi connectivity index (χ4n) is 3.36. The lowest BCUT2D eigenvalue weighted by molar-refractivity contribution is -0.146. The van der Waals surface area contributed by atoms with E-state index in [0.29, 0.717) is 11.8 Å². The highest BCUT2D eigenvalue weighted by atomic mass is 16.6. The van der Waals surface area contributed by atoms with E-state index < -0.39 is 35.6 Å². The number of rotatable bonds is 7. The van der Waals surface area contributed by atoms with Gasteiger partial charge >= 0.3 is 11.9 Å². The number of esters is 2. The number of carbonyl (C=O) groups excluding carboxylic acids is 4. The van der Waals surface area contributed by atoms with Crippen molar-refractivity contribution in [3.63, 3.8) is 0 Å². The molecule has 0 saturated carbocycles. The van der Waals surface area contributed by atoms with Crippen LogP contribution in [0, 0.1) is 0 Å². The molecular weight excluding hydrogens is 374 g/mol. The maximum atomic E-state index is 12.8. The average Bonchev–Trinajstić information content (AvgIpc) is 3.00. The molecule has 0 radical (unpaired) electrons. The number of hydrogen-bond donors (Lipinski definition) is 1. The van der Waals surface area contributed by atoms with Gasteiger partial charge in [0.25, 0.3) is 5.91 Å². The molecule has 1 fully saturated rings. The van der Waals surface area contributed by atoms with Gasteiger partial charge in [0.2, 0.25) is 0 Å². The van der Waals surface area contributed by atoms with E-state index in [1.54, 1.807) is 67.6 Å². The molecule has 1 N–H and O–H groups in total. The minimum absolute atomic E-state index is 0.118. The molecule has 7 nitrogen and oxygen atoms in total. The molecule has 2 aromatic rings. The Hall–Kier alpha value is -3.48. The average molecular weight is 395 g/mol. The molecular formula is C22H21NO6. The number of hydrogen-bond acceptors (Lipinski definition) is 6. The van der Waals surface area contributed by atoms with Crippen LogP contribution in [0.1, 0.15) is 40.5 Å². The van der Waals surface area contributed by atoms with Crippen LogP contribution < -0.4 is 5.32 Å². The molecule has 7 heteroatoms. The van der Waals surface area contributed by atoms with Gasteiger partial charge in [-0.3, -0.25) is 4.79 Å². The van der Waals surface area contributed by atoms with Gasteiger partial charge < -0.3 is 19.6 Å². The first-order valence-corrected chi connectivity index (χ1v) is 9.30. The summed E-state index contributed by atoms with van der Waals surface area (Å²) in [6.45, 7) is 1.68. The Labute approximate surface area is 168 Å². The summed E-state index contributed by atoms with van der Waals surface area (Å²) in [7, 11) is 0. The van der Waals surface area contributed by atoms with Crippen molar-refractivity contribution in [2.75, 3.05) is 0 Å². The predicted octanol–water partition coefficient (Wildman–Crippen LogP) is 2.31. The first kappa shape index (κ1) is 20.3. The molecule has 3 atom stereocenters. The van der Waals surface area contributed by atoms with Gasteiger partial charge in [-0.25, -0.2) is 9.59 Å². The van der Waals surface area contributed by atoms with E-state index in [0.717, 1.165) is 0 Å². The second-order valence-corrected chi connectivity index (χ2v) is 6.68. The number of ether oxygens (including phenoxy) is 2. The van der Waals surface area contributed by atoms with Gasteiger partial charge in [-0.05, 0) is 30.7 Å². The van der Waals surface area contributed by atoms with Crippen molar-refractivity contribution in [3.05, 3.63) is 71.8 Å². The lowest BCUT2D eigenvalue weighted by Gasteiger charge is -2.31. The number of carbonyl (C=O) groups is 4. The number of cyclic esters (lactones) is 1. The summed E-state index contributed by atoms with van der Waals surface area (Å²) in [6, 6.07) is 16.6. The molecule has 2 aromatic carbocycles. The van der Waals surface area contributed by atoms with Crippen molar-refractivity contribution >= 4 is 24.1 Å². The van der Waals surface area contributed by atoms with E-state index in [4.69, 9.17) is 9.47 Å². The lowest BCUT2D eigenvalue weighted by atomic mass is 9.87. The molecule has 0 aliphatic carbocycles. The monoisotopic (exact) mass is 395 g/mol. The van der Waals surface area contributed by atoms with E-state index in [-0.39, 0.29) is 18.4 Å². The third kappa shape index (κ3) is 4.03. The second-order valence-electron chi connectivity index (χ2n) is 6.68. The first-order chi connectivity index (χ1) is 14.0. The smallest absolute Gasteiger partial charge is 0.338 e. The fraction of sp³-hybridized carbons (Fsp3) is 0.273. The second kappa shape index (κ2) is 8.68. The van der Waals surface area contributed by atoms with Crippen LogP contribution in [0.2, 0.25) is 0 Å². The van der Waals surface area contributed by atoms with Gasteiger partial charge in [-0.2, -0.15) is 0 Å². The Bertz CT molecular complexity index is 898. The maximum Gasteiger partial charge on any atom is 0.338 e. The van der Waals surface area contributed by atoms with Gasteiger partial charge in [0, 0.05) is 12.0 Å². The molecule has 1 aliphatic heterocycles. The van der Waals surface area contributed by atoms with Crippen molar-refractivity contribution in [3.8, 4) is 0 Å². The van der Waals surface area contributed by atoms with Crippen molar-refractivity contribution in [1.82, 2.24) is 5.32 Å². The standard InChI is InChI=1S/C22H21NO6/c1-2-22(23-19(25)15-9-5-3-6-10-15)18(17(13-14-24)28-21(22)27)29-20(26)16-11-7-4-8-12-16/h3-12,14,17-18H,2,13H2,1H3,(H,23,25)/t17-,18+,22+/m1/s1. The van der Waals surface area contributed by atoms with E-state index in [1.165, 1.54) is 0 Å². The molecule has 0 spiro atoms. The summed E-state index contributed by atoms with van der Waals surface area (Å²) in [5, 5.41) is 2.70. The van der Waals surface area contributed by atoms with Crippen molar-refractivity contribution in [2.45, 2.75) is 37.5 Å². The molecule has 1 saturated heterocycles. The van der Waals surface area contributed by atoms with Crippen LogP contribution in [0.25, 0.3) is 0 Å². The van der Waals surface area contributed by atoms with Crippen LogP contribution in [0.4, 0.5) is 0 Å². The largest absolute Gasteiger partial charge is 0.456 e.